The van der Waals surface area contributed by atoms with Crippen molar-refractivity contribution in [1.29, 1.82) is 0 Å². The third-order valence-corrected chi connectivity index (χ3v) is 7.92. The van der Waals surface area contributed by atoms with Crippen molar-refractivity contribution in [2.24, 2.45) is 0 Å². The van der Waals surface area contributed by atoms with E-state index in [0.717, 1.165) is 5.56 Å². The zero-order chi connectivity index (χ0) is 23.4. The molecule has 0 radical (unpaired) electrons. The number of nitrogens with one attached hydrogen (secondary N) is 1. The van der Waals surface area contributed by atoms with Crippen LogP contribution in [0.3, 0.4) is 0 Å². The predicted molar refractivity (Wildman–Crippen MR) is 125 cm³/mol. The molecule has 33 heavy (non-hydrogen) atoms. The van der Waals surface area contributed by atoms with E-state index in [1.54, 1.807) is 12.3 Å². The Morgan fingerprint density at radius 1 is 1.12 bits per heavy atom. The Hall–Kier alpha value is -3.08. The van der Waals surface area contributed by atoms with E-state index in [2.05, 4.69) is 10.3 Å². The van der Waals surface area contributed by atoms with Crippen LogP contribution in [0.2, 0.25) is 0 Å². The molecule has 10 heteroatoms. The van der Waals surface area contributed by atoms with E-state index >= 15 is 0 Å². The zero-order valence-electron chi connectivity index (χ0n) is 18.0. The lowest BCUT2D eigenvalue weighted by atomic mass is 10.0. The summed E-state index contributed by atoms with van der Waals surface area (Å²) in [6, 6.07) is 13.7. The lowest BCUT2D eigenvalue weighted by Crippen LogP contribution is -2.35. The number of carbonyl (C=O) groups is 2. The fraction of sp³-hybridized carbons (Fsp3) is 0.261. The molecule has 4 rings (SSSR count). The summed E-state index contributed by atoms with van der Waals surface area (Å²) in [7, 11) is -3.67. The number of anilines is 1. The average molecular weight is 486 g/mol. The van der Waals surface area contributed by atoms with Crippen molar-refractivity contribution in [2.45, 2.75) is 31.2 Å². The number of fused-ring (bicyclic) bond motifs is 1. The smallest absolute Gasteiger partial charge is 0.311 e. The van der Waals surface area contributed by atoms with Crippen LogP contribution >= 0.6 is 11.3 Å². The summed E-state index contributed by atoms with van der Waals surface area (Å²) in [4.78, 5) is 28.5. The van der Waals surface area contributed by atoms with Gasteiger partial charge in [0, 0.05) is 24.0 Å². The van der Waals surface area contributed by atoms with E-state index in [1.807, 2.05) is 24.3 Å². The second kappa shape index (κ2) is 9.82. The highest BCUT2D eigenvalue weighted by atomic mass is 32.2. The van der Waals surface area contributed by atoms with Gasteiger partial charge >= 0.3 is 5.97 Å². The third kappa shape index (κ3) is 5.29. The number of esters is 1. The molecule has 0 bridgehead atoms. The fourth-order valence-corrected chi connectivity index (χ4v) is 5.70. The van der Waals surface area contributed by atoms with Gasteiger partial charge in [0.2, 0.25) is 10.0 Å². The summed E-state index contributed by atoms with van der Waals surface area (Å²) in [5.41, 5.74) is 3.00. The van der Waals surface area contributed by atoms with Crippen molar-refractivity contribution in [1.82, 2.24) is 9.29 Å². The topological polar surface area (TPSA) is 106 Å². The van der Waals surface area contributed by atoms with Gasteiger partial charge in [0.25, 0.3) is 5.91 Å². The molecule has 1 amide bonds. The molecule has 0 saturated heterocycles. The van der Waals surface area contributed by atoms with Gasteiger partial charge in [0.1, 0.15) is 0 Å². The summed E-state index contributed by atoms with van der Waals surface area (Å²) in [5, 5.41) is 4.70. The van der Waals surface area contributed by atoms with Crippen LogP contribution in [0.4, 0.5) is 5.13 Å². The molecule has 0 spiro atoms. The molecule has 0 atom stereocenters. The summed E-state index contributed by atoms with van der Waals surface area (Å²) >= 11 is 1.20. The van der Waals surface area contributed by atoms with Crippen molar-refractivity contribution in [3.05, 3.63) is 76.3 Å². The Labute approximate surface area is 196 Å². The summed E-state index contributed by atoms with van der Waals surface area (Å²) < 4.78 is 32.5. The summed E-state index contributed by atoms with van der Waals surface area (Å²) in [5.74, 6) is -0.794. The van der Waals surface area contributed by atoms with Crippen LogP contribution in [0.1, 0.15) is 34.1 Å². The largest absolute Gasteiger partial charge is 0.466 e. The molecular weight excluding hydrogens is 462 g/mol. The molecule has 0 aliphatic carbocycles. The Bertz CT molecular complexity index is 1270. The van der Waals surface area contributed by atoms with Crippen LogP contribution in [0.5, 0.6) is 0 Å². The van der Waals surface area contributed by atoms with Crippen molar-refractivity contribution >= 4 is 38.4 Å². The van der Waals surface area contributed by atoms with Gasteiger partial charge in [-0.2, -0.15) is 4.31 Å². The Kier molecular flexibility index (Phi) is 6.87. The number of sulfonamides is 1. The Balaban J connectivity index is 1.41. The molecule has 0 unspecified atom stereocenters. The third-order valence-electron chi connectivity index (χ3n) is 5.25. The lowest BCUT2D eigenvalue weighted by Gasteiger charge is -2.28. The Morgan fingerprint density at radius 2 is 1.85 bits per heavy atom. The highest BCUT2D eigenvalue weighted by Gasteiger charge is 2.28. The van der Waals surface area contributed by atoms with Crippen LogP contribution in [-0.2, 0) is 38.9 Å². The number of hydrogen-bond acceptors (Lipinski definition) is 7. The average Bonchev–Trinajstić information content (AvgIpc) is 3.25. The zero-order valence-corrected chi connectivity index (χ0v) is 19.6. The molecule has 3 aromatic rings. The standard InChI is InChI=1S/C23H23N3O5S2/c1-2-31-21(27)13-19-15-32-23(24-19)25-22(28)17-7-9-20(10-8-17)33(29,30)26-12-11-16-5-3-4-6-18(16)14-26/h3-10,15H,2,11-14H2,1H3,(H,24,25,28). The number of hydrogen-bond donors (Lipinski definition) is 1. The van der Waals surface area contributed by atoms with Gasteiger partial charge in [-0.25, -0.2) is 13.4 Å². The monoisotopic (exact) mass is 485 g/mol. The second-order valence-corrected chi connectivity index (χ2v) is 10.3. The number of carbonyl (C=O) groups excluding carboxylic acids is 2. The number of amides is 1. The first-order valence-corrected chi connectivity index (χ1v) is 12.8. The molecule has 0 fully saturated rings. The maximum atomic E-state index is 13.1. The predicted octanol–water partition coefficient (Wildman–Crippen LogP) is 3.25. The lowest BCUT2D eigenvalue weighted by molar-refractivity contribution is -0.142. The number of ether oxygens (including phenoxy) is 1. The SMILES string of the molecule is CCOC(=O)Cc1csc(NC(=O)c2ccc(S(=O)(=O)N3CCc4ccccc4C3)cc2)n1. The van der Waals surface area contributed by atoms with Gasteiger partial charge in [-0.05, 0) is 48.7 Å². The summed E-state index contributed by atoms with van der Waals surface area (Å²) in [6.07, 6.45) is 0.704. The molecule has 2 heterocycles. The van der Waals surface area contributed by atoms with Crippen molar-refractivity contribution < 1.29 is 22.7 Å². The molecular formula is C23H23N3O5S2. The van der Waals surface area contributed by atoms with Gasteiger partial charge in [-0.3, -0.25) is 14.9 Å². The molecule has 1 aromatic heterocycles. The van der Waals surface area contributed by atoms with E-state index in [1.165, 1.54) is 45.5 Å². The first-order chi connectivity index (χ1) is 15.9. The van der Waals surface area contributed by atoms with Crippen LogP contribution in [0.15, 0.2) is 58.8 Å². The van der Waals surface area contributed by atoms with E-state index in [0.29, 0.717) is 42.5 Å². The highest BCUT2D eigenvalue weighted by Crippen LogP contribution is 2.25. The normalized spacial score (nSPS) is 13.8. The number of thiazole rings is 1. The van der Waals surface area contributed by atoms with Gasteiger partial charge in [-0.15, -0.1) is 11.3 Å². The fourth-order valence-electron chi connectivity index (χ4n) is 3.58. The van der Waals surface area contributed by atoms with Crippen LogP contribution in [-0.4, -0.2) is 42.7 Å². The molecule has 8 nitrogen and oxygen atoms in total. The van der Waals surface area contributed by atoms with E-state index in [4.69, 9.17) is 4.74 Å². The number of rotatable bonds is 7. The quantitative estimate of drug-likeness (QED) is 0.515. The molecule has 172 valence electrons. The minimum Gasteiger partial charge on any atom is -0.466 e. The van der Waals surface area contributed by atoms with Crippen molar-refractivity contribution in [2.75, 3.05) is 18.5 Å². The van der Waals surface area contributed by atoms with Gasteiger partial charge in [0.15, 0.2) is 5.13 Å². The molecule has 0 saturated carbocycles. The minimum atomic E-state index is -3.67. The molecule has 1 N–H and O–H groups in total. The minimum absolute atomic E-state index is 0.0355. The first-order valence-electron chi connectivity index (χ1n) is 10.4. The first kappa shape index (κ1) is 23.1. The van der Waals surface area contributed by atoms with Gasteiger partial charge in [0.05, 0.1) is 23.6 Å². The van der Waals surface area contributed by atoms with Crippen molar-refractivity contribution in [3.8, 4) is 0 Å². The molecule has 1 aliphatic heterocycles. The Morgan fingerprint density at radius 3 is 2.58 bits per heavy atom. The van der Waals surface area contributed by atoms with E-state index < -0.39 is 15.9 Å². The van der Waals surface area contributed by atoms with Gasteiger partial charge < -0.3 is 4.74 Å². The van der Waals surface area contributed by atoms with Gasteiger partial charge in [-0.1, -0.05) is 24.3 Å². The molecule has 2 aromatic carbocycles. The van der Waals surface area contributed by atoms with E-state index in [9.17, 15) is 18.0 Å². The van der Waals surface area contributed by atoms with Crippen LogP contribution in [0, 0.1) is 0 Å². The summed E-state index contributed by atoms with van der Waals surface area (Å²) in [6.45, 7) is 2.77. The molecule has 1 aliphatic rings. The number of aromatic nitrogens is 1. The van der Waals surface area contributed by atoms with Crippen molar-refractivity contribution in [3.63, 3.8) is 0 Å². The van der Waals surface area contributed by atoms with Crippen LogP contribution in [0.25, 0.3) is 0 Å². The second-order valence-electron chi connectivity index (χ2n) is 7.46. The maximum Gasteiger partial charge on any atom is 0.311 e. The highest BCUT2D eigenvalue weighted by molar-refractivity contribution is 7.89. The number of nitrogens with zero attached hydrogens (tertiary/aromatic N) is 2. The number of benzene rings is 2. The van der Waals surface area contributed by atoms with E-state index in [-0.39, 0.29) is 17.3 Å². The maximum absolute atomic E-state index is 13.1. The van der Waals surface area contributed by atoms with Crippen LogP contribution < -0.4 is 5.32 Å².